The Balaban J connectivity index is 1.51. The summed E-state index contributed by atoms with van der Waals surface area (Å²) < 4.78 is 7.40. The molecule has 1 saturated heterocycles. The molecule has 3 heterocycles. The first-order valence-corrected chi connectivity index (χ1v) is 9.58. The molecule has 1 aliphatic rings. The molecule has 146 valence electrons. The number of nitrogens with zero attached hydrogens (tertiary/aromatic N) is 4. The van der Waals surface area contributed by atoms with E-state index in [9.17, 15) is 4.79 Å². The second-order valence-corrected chi connectivity index (χ2v) is 7.19. The first-order valence-electron chi connectivity index (χ1n) is 9.58. The quantitative estimate of drug-likeness (QED) is 0.737. The van der Waals surface area contributed by atoms with Crippen LogP contribution < -0.4 is 5.32 Å². The number of likely N-dealkylation sites (tertiary alicyclic amines) is 1. The van der Waals surface area contributed by atoms with E-state index in [1.165, 1.54) is 0 Å². The number of ether oxygens (including phenoxy) is 1. The summed E-state index contributed by atoms with van der Waals surface area (Å²) in [6.45, 7) is 4.67. The predicted octanol–water partition coefficient (Wildman–Crippen LogP) is 3.41. The lowest BCUT2D eigenvalue weighted by atomic mass is 10.1. The molecule has 1 N–H and O–H groups in total. The van der Waals surface area contributed by atoms with Crippen molar-refractivity contribution in [2.24, 2.45) is 0 Å². The summed E-state index contributed by atoms with van der Waals surface area (Å²) in [5.74, 6) is 1.17. The first-order chi connectivity index (χ1) is 13.7. The van der Waals surface area contributed by atoms with E-state index >= 15 is 0 Å². The molecule has 1 atom stereocenters. The maximum absolute atomic E-state index is 12.7. The van der Waals surface area contributed by atoms with Crippen molar-refractivity contribution >= 4 is 22.9 Å². The minimum atomic E-state index is -0.0641. The van der Waals surface area contributed by atoms with Crippen LogP contribution in [0.2, 0.25) is 0 Å². The molecule has 2 amide bonds. The van der Waals surface area contributed by atoms with E-state index in [4.69, 9.17) is 9.72 Å². The van der Waals surface area contributed by atoms with Crippen molar-refractivity contribution in [3.8, 4) is 0 Å². The Morgan fingerprint density at radius 3 is 3.04 bits per heavy atom. The van der Waals surface area contributed by atoms with Gasteiger partial charge in [0, 0.05) is 44.5 Å². The van der Waals surface area contributed by atoms with E-state index in [0.29, 0.717) is 26.2 Å². The van der Waals surface area contributed by atoms with Gasteiger partial charge in [0.1, 0.15) is 11.3 Å². The molecule has 4 rings (SSSR count). The van der Waals surface area contributed by atoms with Crippen LogP contribution in [0.4, 0.5) is 10.5 Å². The molecule has 7 nitrogen and oxygen atoms in total. The zero-order chi connectivity index (χ0) is 19.5. The van der Waals surface area contributed by atoms with Crippen molar-refractivity contribution in [3.05, 3.63) is 54.0 Å². The summed E-state index contributed by atoms with van der Waals surface area (Å²) in [7, 11) is 1.69. The summed E-state index contributed by atoms with van der Waals surface area (Å²) in [6.07, 6.45) is 2.67. The number of nitrogens with one attached hydrogen (secondary N) is 1. The number of rotatable bonds is 5. The molecular formula is C21H25N5O2. The van der Waals surface area contributed by atoms with Crippen molar-refractivity contribution in [3.63, 3.8) is 0 Å². The van der Waals surface area contributed by atoms with Crippen molar-refractivity contribution in [2.45, 2.75) is 25.8 Å². The molecule has 1 aliphatic heterocycles. The van der Waals surface area contributed by atoms with Gasteiger partial charge >= 0.3 is 6.03 Å². The molecule has 0 radical (unpaired) electrons. The van der Waals surface area contributed by atoms with E-state index in [0.717, 1.165) is 34.7 Å². The summed E-state index contributed by atoms with van der Waals surface area (Å²) >= 11 is 0. The Bertz CT molecular complexity index is 984. The zero-order valence-electron chi connectivity index (χ0n) is 16.3. The van der Waals surface area contributed by atoms with Gasteiger partial charge in [-0.2, -0.15) is 0 Å². The Morgan fingerprint density at radius 2 is 2.21 bits per heavy atom. The summed E-state index contributed by atoms with van der Waals surface area (Å²) in [5.41, 5.74) is 3.70. The van der Waals surface area contributed by atoms with E-state index in [-0.39, 0.29) is 11.9 Å². The molecule has 0 aliphatic carbocycles. The topological polar surface area (TPSA) is 72.3 Å². The Hall–Kier alpha value is -2.93. The highest BCUT2D eigenvalue weighted by Crippen LogP contribution is 2.29. The smallest absolute Gasteiger partial charge is 0.321 e. The maximum atomic E-state index is 12.7. The average Bonchev–Trinajstić information content (AvgIpc) is 3.31. The van der Waals surface area contributed by atoms with Crippen molar-refractivity contribution in [1.29, 1.82) is 0 Å². The third-order valence-corrected chi connectivity index (χ3v) is 5.16. The Kier molecular flexibility index (Phi) is 5.25. The van der Waals surface area contributed by atoms with Crippen LogP contribution in [-0.4, -0.2) is 52.3 Å². The fraction of sp³-hybridized carbons (Fsp3) is 0.381. The minimum absolute atomic E-state index is 0.0641. The normalized spacial score (nSPS) is 16.6. The first kappa shape index (κ1) is 18.4. The number of aromatic nitrogens is 3. The van der Waals surface area contributed by atoms with Crippen molar-refractivity contribution in [1.82, 2.24) is 19.4 Å². The zero-order valence-corrected chi connectivity index (χ0v) is 16.3. The molecular weight excluding hydrogens is 354 g/mol. The number of carbonyl (C=O) groups is 1. The van der Waals surface area contributed by atoms with Crippen LogP contribution in [0.1, 0.15) is 23.7 Å². The molecule has 28 heavy (non-hydrogen) atoms. The van der Waals surface area contributed by atoms with Gasteiger partial charge in [-0.25, -0.2) is 14.8 Å². The number of pyridine rings is 1. The van der Waals surface area contributed by atoms with Gasteiger partial charge in [-0.3, -0.25) is 0 Å². The van der Waals surface area contributed by atoms with Crippen molar-refractivity contribution < 1.29 is 9.53 Å². The van der Waals surface area contributed by atoms with Gasteiger partial charge in [0.15, 0.2) is 5.65 Å². The molecule has 1 fully saturated rings. The molecule has 2 aromatic heterocycles. The number of amides is 2. The van der Waals surface area contributed by atoms with Gasteiger partial charge in [0.25, 0.3) is 0 Å². The number of hydrogen-bond donors (Lipinski definition) is 1. The lowest BCUT2D eigenvalue weighted by Crippen LogP contribution is -2.33. The van der Waals surface area contributed by atoms with Gasteiger partial charge in [0.2, 0.25) is 0 Å². The van der Waals surface area contributed by atoms with Gasteiger partial charge in [-0.05, 0) is 43.2 Å². The van der Waals surface area contributed by atoms with Crippen LogP contribution in [0.25, 0.3) is 11.2 Å². The van der Waals surface area contributed by atoms with Crippen LogP contribution in [0.3, 0.4) is 0 Å². The fourth-order valence-corrected chi connectivity index (χ4v) is 3.77. The number of imidazole rings is 1. The number of benzene rings is 1. The highest BCUT2D eigenvalue weighted by atomic mass is 16.5. The van der Waals surface area contributed by atoms with Crippen LogP contribution in [-0.2, 0) is 11.3 Å². The van der Waals surface area contributed by atoms with Gasteiger partial charge < -0.3 is 19.5 Å². The summed E-state index contributed by atoms with van der Waals surface area (Å²) in [6, 6.07) is 11.7. The monoisotopic (exact) mass is 379 g/mol. The Labute approximate surface area is 164 Å². The van der Waals surface area contributed by atoms with Crippen molar-refractivity contribution in [2.75, 3.05) is 32.1 Å². The molecule has 0 saturated carbocycles. The van der Waals surface area contributed by atoms with E-state index in [1.54, 1.807) is 13.3 Å². The molecule has 3 aromatic rings. The van der Waals surface area contributed by atoms with E-state index in [1.807, 2.05) is 48.2 Å². The molecule has 0 bridgehead atoms. The predicted molar refractivity (Wildman–Crippen MR) is 109 cm³/mol. The highest BCUT2D eigenvalue weighted by Gasteiger charge is 2.31. The lowest BCUT2D eigenvalue weighted by Gasteiger charge is -2.18. The largest absolute Gasteiger partial charge is 0.383 e. The van der Waals surface area contributed by atoms with Crippen LogP contribution in [0, 0.1) is 6.92 Å². The molecule has 7 heteroatoms. The number of carbonyl (C=O) groups excluding carboxylic acids is 1. The van der Waals surface area contributed by atoms with Crippen LogP contribution >= 0.6 is 0 Å². The van der Waals surface area contributed by atoms with Gasteiger partial charge in [-0.15, -0.1) is 0 Å². The lowest BCUT2D eigenvalue weighted by molar-refractivity contribution is 0.186. The second kappa shape index (κ2) is 7.98. The third-order valence-electron chi connectivity index (χ3n) is 5.16. The van der Waals surface area contributed by atoms with Crippen LogP contribution in [0.15, 0.2) is 42.6 Å². The number of anilines is 1. The highest BCUT2D eigenvalue weighted by molar-refractivity contribution is 5.89. The van der Waals surface area contributed by atoms with Crippen LogP contribution in [0.5, 0.6) is 0 Å². The minimum Gasteiger partial charge on any atom is -0.383 e. The molecule has 0 unspecified atom stereocenters. The van der Waals surface area contributed by atoms with Gasteiger partial charge in [-0.1, -0.05) is 12.1 Å². The fourth-order valence-electron chi connectivity index (χ4n) is 3.77. The van der Waals surface area contributed by atoms with E-state index in [2.05, 4.69) is 14.9 Å². The molecule has 1 aromatic carbocycles. The number of hydrogen-bond acceptors (Lipinski definition) is 4. The Morgan fingerprint density at radius 1 is 1.32 bits per heavy atom. The average molecular weight is 379 g/mol. The SMILES string of the molecule is COCCn1c([C@H]2CCN(C(=O)Nc3cccc(C)c3)C2)nc2cccnc21. The number of aryl methyl sites for hydroxylation is 1. The van der Waals surface area contributed by atoms with E-state index < -0.39 is 0 Å². The second-order valence-electron chi connectivity index (χ2n) is 7.19. The number of methoxy groups -OCH3 is 1. The third kappa shape index (κ3) is 3.71. The summed E-state index contributed by atoms with van der Waals surface area (Å²) in [4.78, 5) is 23.9. The number of fused-ring (bicyclic) bond motifs is 1. The summed E-state index contributed by atoms with van der Waals surface area (Å²) in [5, 5.41) is 3.00. The maximum Gasteiger partial charge on any atom is 0.321 e. The standard InChI is InChI=1S/C21H25N5O2/c1-15-5-3-6-17(13-15)23-21(27)25-10-8-16(14-25)19-24-18-7-4-9-22-20(18)26(19)11-12-28-2/h3-7,9,13,16H,8,10-12,14H2,1-2H3,(H,23,27)/t16-/m0/s1. The van der Waals surface area contributed by atoms with Gasteiger partial charge in [0.05, 0.1) is 6.61 Å². The molecule has 0 spiro atoms. The number of urea groups is 1.